The maximum Gasteiger partial charge on any atom is 0.345 e. The van der Waals surface area contributed by atoms with Crippen LogP contribution in [0.1, 0.15) is 36.0 Å². The van der Waals surface area contributed by atoms with Crippen molar-refractivity contribution in [1.82, 2.24) is 5.32 Å². The Morgan fingerprint density at radius 3 is 2.29 bits per heavy atom. The van der Waals surface area contributed by atoms with Crippen LogP contribution in [-0.2, 0) is 6.42 Å². The number of hydrogen-bond acceptors (Lipinski definition) is 3. The summed E-state index contributed by atoms with van der Waals surface area (Å²) < 4.78 is 0. The van der Waals surface area contributed by atoms with E-state index >= 15 is 0 Å². The predicted molar refractivity (Wildman–Crippen MR) is 83.2 cm³/mol. The van der Waals surface area contributed by atoms with Gasteiger partial charge in [0.05, 0.1) is 4.88 Å². The molecule has 0 atom stereocenters. The number of carboxylic acids is 1. The maximum atomic E-state index is 11.9. The molecule has 2 rings (SSSR count). The van der Waals surface area contributed by atoms with Crippen molar-refractivity contribution in [2.24, 2.45) is 0 Å². The second-order valence-electron chi connectivity index (χ2n) is 4.97. The Bertz CT molecular complexity index is 656. The van der Waals surface area contributed by atoms with E-state index in [-0.39, 0.29) is 10.8 Å². The molecule has 0 aliphatic rings. The highest BCUT2D eigenvalue weighted by atomic mass is 32.1. The number of carbonyl (C=O) groups excluding carboxylic acids is 1. The van der Waals surface area contributed by atoms with Crippen molar-refractivity contribution in [3.05, 3.63) is 56.8 Å². The fourth-order valence-electron chi connectivity index (χ4n) is 2.20. The summed E-state index contributed by atoms with van der Waals surface area (Å²) in [5.74, 6) is -1.23. The van der Waals surface area contributed by atoms with Gasteiger partial charge >= 0.3 is 5.97 Å². The van der Waals surface area contributed by atoms with Gasteiger partial charge in [-0.05, 0) is 38.0 Å². The third kappa shape index (κ3) is 4.16. The molecule has 4 nitrogen and oxygen atoms in total. The van der Waals surface area contributed by atoms with E-state index in [9.17, 15) is 9.59 Å². The van der Waals surface area contributed by atoms with Gasteiger partial charge in [-0.15, -0.1) is 11.3 Å². The van der Waals surface area contributed by atoms with Gasteiger partial charge in [0.15, 0.2) is 0 Å². The average Bonchev–Trinajstić information content (AvgIpc) is 2.87. The van der Waals surface area contributed by atoms with Crippen molar-refractivity contribution in [2.75, 3.05) is 6.54 Å². The SMILES string of the molecule is Cc1cc(C)cc(CCNC(=O)c2ccc(C(=O)O)s2)c1. The largest absolute Gasteiger partial charge is 0.477 e. The molecule has 0 saturated heterocycles. The van der Waals surface area contributed by atoms with Gasteiger partial charge in [-0.1, -0.05) is 29.3 Å². The van der Waals surface area contributed by atoms with Gasteiger partial charge in [0, 0.05) is 6.54 Å². The molecule has 2 aromatic rings. The van der Waals surface area contributed by atoms with E-state index in [1.807, 2.05) is 13.8 Å². The van der Waals surface area contributed by atoms with Gasteiger partial charge in [0.1, 0.15) is 4.88 Å². The summed E-state index contributed by atoms with van der Waals surface area (Å²) in [6, 6.07) is 9.31. The Hall–Kier alpha value is -2.14. The third-order valence-corrected chi connectivity index (χ3v) is 4.09. The number of rotatable bonds is 5. The number of benzene rings is 1. The number of carboxylic acid groups (broad SMARTS) is 1. The molecule has 1 heterocycles. The number of aromatic carboxylic acids is 1. The van der Waals surface area contributed by atoms with Crippen LogP contribution in [0.4, 0.5) is 0 Å². The van der Waals surface area contributed by atoms with E-state index in [1.165, 1.54) is 22.8 Å². The van der Waals surface area contributed by atoms with Crippen LogP contribution in [-0.4, -0.2) is 23.5 Å². The zero-order valence-electron chi connectivity index (χ0n) is 12.0. The van der Waals surface area contributed by atoms with Gasteiger partial charge in [-0.3, -0.25) is 4.79 Å². The Balaban J connectivity index is 1.90. The molecule has 0 unspecified atom stereocenters. The molecule has 0 spiro atoms. The topological polar surface area (TPSA) is 66.4 Å². The summed E-state index contributed by atoms with van der Waals surface area (Å²) in [5, 5.41) is 11.7. The Labute approximate surface area is 127 Å². The predicted octanol–water partition coefficient (Wildman–Crippen LogP) is 3.04. The molecule has 0 saturated carbocycles. The zero-order valence-corrected chi connectivity index (χ0v) is 12.8. The summed E-state index contributed by atoms with van der Waals surface area (Å²) in [6.45, 7) is 4.63. The number of nitrogens with one attached hydrogen (secondary N) is 1. The van der Waals surface area contributed by atoms with E-state index in [0.29, 0.717) is 11.4 Å². The fourth-order valence-corrected chi connectivity index (χ4v) is 2.96. The molecule has 1 aromatic carbocycles. The second kappa shape index (κ2) is 6.54. The average molecular weight is 303 g/mol. The van der Waals surface area contributed by atoms with Crippen molar-refractivity contribution in [3.63, 3.8) is 0 Å². The van der Waals surface area contributed by atoms with Gasteiger partial charge in [0.25, 0.3) is 5.91 Å². The molecule has 1 aromatic heterocycles. The number of carbonyl (C=O) groups is 2. The van der Waals surface area contributed by atoms with Gasteiger partial charge in [-0.2, -0.15) is 0 Å². The van der Waals surface area contributed by atoms with E-state index in [1.54, 1.807) is 6.07 Å². The van der Waals surface area contributed by atoms with E-state index < -0.39 is 5.97 Å². The first kappa shape index (κ1) is 15.3. The molecule has 2 N–H and O–H groups in total. The van der Waals surface area contributed by atoms with Crippen LogP contribution in [0, 0.1) is 13.8 Å². The highest BCUT2D eigenvalue weighted by molar-refractivity contribution is 7.15. The molecule has 0 bridgehead atoms. The van der Waals surface area contributed by atoms with Gasteiger partial charge < -0.3 is 10.4 Å². The minimum Gasteiger partial charge on any atom is -0.477 e. The highest BCUT2D eigenvalue weighted by Crippen LogP contribution is 2.16. The van der Waals surface area contributed by atoms with E-state index in [0.717, 1.165) is 17.8 Å². The number of amides is 1. The Morgan fingerprint density at radius 2 is 1.71 bits per heavy atom. The van der Waals surface area contributed by atoms with Gasteiger partial charge in [0.2, 0.25) is 0 Å². The van der Waals surface area contributed by atoms with Crippen molar-refractivity contribution in [1.29, 1.82) is 0 Å². The lowest BCUT2D eigenvalue weighted by Gasteiger charge is -2.06. The number of hydrogen-bond donors (Lipinski definition) is 2. The summed E-state index contributed by atoms with van der Waals surface area (Å²) in [5.41, 5.74) is 3.60. The van der Waals surface area contributed by atoms with Crippen LogP contribution in [0.3, 0.4) is 0 Å². The normalized spacial score (nSPS) is 10.4. The van der Waals surface area contributed by atoms with Crippen molar-refractivity contribution in [3.8, 4) is 0 Å². The van der Waals surface area contributed by atoms with E-state index in [2.05, 4.69) is 23.5 Å². The number of thiophene rings is 1. The lowest BCUT2D eigenvalue weighted by molar-refractivity contribution is 0.0702. The molecular weight excluding hydrogens is 286 g/mol. The highest BCUT2D eigenvalue weighted by Gasteiger charge is 2.12. The summed E-state index contributed by atoms with van der Waals surface area (Å²) in [6.07, 6.45) is 0.755. The monoisotopic (exact) mass is 303 g/mol. The van der Waals surface area contributed by atoms with Crippen molar-refractivity contribution < 1.29 is 14.7 Å². The molecule has 21 heavy (non-hydrogen) atoms. The molecule has 1 amide bonds. The number of aryl methyl sites for hydroxylation is 2. The first-order valence-electron chi connectivity index (χ1n) is 6.64. The van der Waals surface area contributed by atoms with Crippen LogP contribution in [0.25, 0.3) is 0 Å². The molecule has 0 radical (unpaired) electrons. The molecule has 0 aliphatic carbocycles. The van der Waals surface area contributed by atoms with Crippen molar-refractivity contribution in [2.45, 2.75) is 20.3 Å². The van der Waals surface area contributed by atoms with Crippen LogP contribution in [0.5, 0.6) is 0 Å². The van der Waals surface area contributed by atoms with Gasteiger partial charge in [-0.25, -0.2) is 4.79 Å². The maximum absolute atomic E-state index is 11.9. The lowest BCUT2D eigenvalue weighted by atomic mass is 10.1. The summed E-state index contributed by atoms with van der Waals surface area (Å²) in [7, 11) is 0. The zero-order chi connectivity index (χ0) is 15.4. The van der Waals surface area contributed by atoms with Crippen LogP contribution < -0.4 is 5.32 Å². The van der Waals surface area contributed by atoms with E-state index in [4.69, 9.17) is 5.11 Å². The van der Waals surface area contributed by atoms with Crippen LogP contribution in [0.2, 0.25) is 0 Å². The smallest absolute Gasteiger partial charge is 0.345 e. The minimum absolute atomic E-state index is 0.175. The summed E-state index contributed by atoms with van der Waals surface area (Å²) >= 11 is 0.989. The standard InChI is InChI=1S/C16H17NO3S/c1-10-7-11(2)9-12(8-10)5-6-17-15(18)13-3-4-14(21-13)16(19)20/h3-4,7-9H,5-6H2,1-2H3,(H,17,18)(H,19,20). The van der Waals surface area contributed by atoms with Crippen molar-refractivity contribution >= 4 is 23.2 Å². The molecular formula is C16H17NO3S. The second-order valence-corrected chi connectivity index (χ2v) is 6.05. The first-order valence-corrected chi connectivity index (χ1v) is 7.46. The minimum atomic E-state index is -1.01. The molecule has 0 aliphatic heterocycles. The Kier molecular flexibility index (Phi) is 4.75. The molecule has 5 heteroatoms. The van der Waals surface area contributed by atoms with Crippen LogP contribution in [0.15, 0.2) is 30.3 Å². The third-order valence-electron chi connectivity index (χ3n) is 3.02. The molecule has 0 fully saturated rings. The lowest BCUT2D eigenvalue weighted by Crippen LogP contribution is -2.24. The quantitative estimate of drug-likeness (QED) is 0.892. The first-order chi connectivity index (χ1) is 9.95. The molecule has 110 valence electrons. The fraction of sp³-hybridized carbons (Fsp3) is 0.250. The van der Waals surface area contributed by atoms with Crippen LogP contribution >= 0.6 is 11.3 Å². The summed E-state index contributed by atoms with van der Waals surface area (Å²) in [4.78, 5) is 23.3. The Morgan fingerprint density at radius 1 is 1.10 bits per heavy atom.